The van der Waals surface area contributed by atoms with Crippen molar-refractivity contribution in [2.75, 3.05) is 0 Å². The Bertz CT molecular complexity index is 467. The molecule has 1 aliphatic rings. The van der Waals surface area contributed by atoms with Crippen LogP contribution in [-0.2, 0) is 11.2 Å². The van der Waals surface area contributed by atoms with Gasteiger partial charge in [-0.25, -0.2) is 4.79 Å². The first-order chi connectivity index (χ1) is 9.19. The number of aliphatic carboxylic acids is 1. The average Bonchev–Trinajstić information content (AvgIpc) is 2.41. The van der Waals surface area contributed by atoms with Gasteiger partial charge in [-0.2, -0.15) is 0 Å². The van der Waals surface area contributed by atoms with Crippen molar-refractivity contribution in [1.29, 1.82) is 0 Å². The summed E-state index contributed by atoms with van der Waals surface area (Å²) in [7, 11) is 0. The van der Waals surface area contributed by atoms with Crippen LogP contribution in [-0.4, -0.2) is 17.2 Å². The highest BCUT2D eigenvalue weighted by Gasteiger charge is 2.19. The molecule has 0 atom stereocenters. The van der Waals surface area contributed by atoms with E-state index in [2.05, 4.69) is 13.0 Å². The monoisotopic (exact) mass is 260 g/mol. The third kappa shape index (κ3) is 3.85. The Morgan fingerprint density at radius 3 is 2.68 bits per heavy atom. The molecule has 3 nitrogen and oxygen atoms in total. The van der Waals surface area contributed by atoms with E-state index in [0.717, 1.165) is 43.4 Å². The summed E-state index contributed by atoms with van der Waals surface area (Å²) < 4.78 is 6.06. The molecule has 0 spiro atoms. The van der Waals surface area contributed by atoms with E-state index in [0.29, 0.717) is 0 Å². The van der Waals surface area contributed by atoms with E-state index in [9.17, 15) is 4.79 Å². The molecular formula is C16H20O3. The summed E-state index contributed by atoms with van der Waals surface area (Å²) in [5.74, 6) is 0.131. The molecule has 3 heteroatoms. The summed E-state index contributed by atoms with van der Waals surface area (Å²) in [6.07, 6.45) is 5.97. The minimum absolute atomic E-state index is 0.207. The molecule has 0 bridgehead atoms. The molecule has 102 valence electrons. The SMILES string of the molecule is CCc1ccccc1OC1CCC(=CC(=O)O)CC1. The molecule has 1 fully saturated rings. The van der Waals surface area contributed by atoms with E-state index in [1.807, 2.05) is 18.2 Å². The molecule has 0 aliphatic heterocycles. The fourth-order valence-electron chi connectivity index (χ4n) is 2.49. The average molecular weight is 260 g/mol. The van der Waals surface area contributed by atoms with E-state index in [1.165, 1.54) is 11.6 Å². The Kier molecular flexibility index (Phi) is 4.61. The summed E-state index contributed by atoms with van der Waals surface area (Å²) in [5, 5.41) is 8.73. The van der Waals surface area contributed by atoms with Crippen molar-refractivity contribution in [2.45, 2.75) is 45.1 Å². The largest absolute Gasteiger partial charge is 0.490 e. The van der Waals surface area contributed by atoms with E-state index in [-0.39, 0.29) is 6.10 Å². The lowest BCUT2D eigenvalue weighted by Gasteiger charge is -2.25. The maximum Gasteiger partial charge on any atom is 0.328 e. The van der Waals surface area contributed by atoms with Gasteiger partial charge in [0.05, 0.1) is 6.10 Å². The van der Waals surface area contributed by atoms with Crippen LogP contribution in [0.3, 0.4) is 0 Å². The van der Waals surface area contributed by atoms with Crippen LogP contribution in [0, 0.1) is 0 Å². The van der Waals surface area contributed by atoms with Crippen molar-refractivity contribution in [3.63, 3.8) is 0 Å². The highest BCUT2D eigenvalue weighted by molar-refractivity contribution is 5.80. The molecule has 1 aliphatic carbocycles. The molecule has 0 amide bonds. The number of carboxylic acid groups (broad SMARTS) is 1. The van der Waals surface area contributed by atoms with Crippen molar-refractivity contribution in [2.24, 2.45) is 0 Å². The van der Waals surface area contributed by atoms with E-state index in [4.69, 9.17) is 9.84 Å². The van der Waals surface area contributed by atoms with Gasteiger partial charge in [-0.3, -0.25) is 0 Å². The summed E-state index contributed by atoms with van der Waals surface area (Å²) in [4.78, 5) is 10.6. The molecule has 0 aromatic heterocycles. The fraction of sp³-hybridized carbons (Fsp3) is 0.438. The summed E-state index contributed by atoms with van der Waals surface area (Å²) in [6, 6.07) is 8.13. The molecule has 2 rings (SSSR count). The van der Waals surface area contributed by atoms with Crippen LogP contribution >= 0.6 is 0 Å². The van der Waals surface area contributed by atoms with Gasteiger partial charge in [-0.15, -0.1) is 0 Å². The quantitative estimate of drug-likeness (QED) is 0.842. The molecule has 1 aromatic rings. The fourth-order valence-corrected chi connectivity index (χ4v) is 2.49. The highest BCUT2D eigenvalue weighted by atomic mass is 16.5. The molecule has 1 N–H and O–H groups in total. The topological polar surface area (TPSA) is 46.5 Å². The lowest BCUT2D eigenvalue weighted by Crippen LogP contribution is -2.21. The first-order valence-corrected chi connectivity index (χ1v) is 6.86. The van der Waals surface area contributed by atoms with Crippen LogP contribution in [0.2, 0.25) is 0 Å². The molecule has 1 saturated carbocycles. The van der Waals surface area contributed by atoms with Gasteiger partial charge < -0.3 is 9.84 Å². The van der Waals surface area contributed by atoms with Gasteiger partial charge >= 0.3 is 5.97 Å². The highest BCUT2D eigenvalue weighted by Crippen LogP contribution is 2.28. The maximum atomic E-state index is 10.6. The lowest BCUT2D eigenvalue weighted by atomic mass is 9.92. The Morgan fingerprint density at radius 2 is 2.05 bits per heavy atom. The normalized spacial score (nSPS) is 19.0. The van der Waals surface area contributed by atoms with Crippen molar-refractivity contribution >= 4 is 5.97 Å². The van der Waals surface area contributed by atoms with E-state index < -0.39 is 5.97 Å². The Balaban J connectivity index is 1.94. The van der Waals surface area contributed by atoms with Crippen LogP contribution in [0.4, 0.5) is 0 Å². The predicted molar refractivity (Wildman–Crippen MR) is 74.4 cm³/mol. The zero-order chi connectivity index (χ0) is 13.7. The Hall–Kier alpha value is -1.77. The molecule has 0 radical (unpaired) electrons. The molecule has 1 aromatic carbocycles. The Morgan fingerprint density at radius 1 is 1.37 bits per heavy atom. The van der Waals surface area contributed by atoms with Crippen LogP contribution in [0.15, 0.2) is 35.9 Å². The number of carboxylic acids is 1. The van der Waals surface area contributed by atoms with Crippen LogP contribution < -0.4 is 4.74 Å². The maximum absolute atomic E-state index is 10.6. The zero-order valence-electron chi connectivity index (χ0n) is 11.3. The number of allylic oxidation sites excluding steroid dienone is 1. The summed E-state index contributed by atoms with van der Waals surface area (Å²) in [5.41, 5.74) is 2.26. The number of ether oxygens (including phenoxy) is 1. The first-order valence-electron chi connectivity index (χ1n) is 6.86. The van der Waals surface area contributed by atoms with Gasteiger partial charge in [0.25, 0.3) is 0 Å². The van der Waals surface area contributed by atoms with E-state index in [1.54, 1.807) is 0 Å². The van der Waals surface area contributed by atoms with Crippen LogP contribution in [0.1, 0.15) is 38.2 Å². The second-order valence-electron chi connectivity index (χ2n) is 4.92. The van der Waals surface area contributed by atoms with Gasteiger partial charge in [0, 0.05) is 6.08 Å². The lowest BCUT2D eigenvalue weighted by molar-refractivity contribution is -0.131. The second-order valence-corrected chi connectivity index (χ2v) is 4.92. The van der Waals surface area contributed by atoms with Crippen molar-refractivity contribution in [3.8, 4) is 5.75 Å². The molecule has 0 unspecified atom stereocenters. The number of hydrogen-bond acceptors (Lipinski definition) is 2. The van der Waals surface area contributed by atoms with E-state index >= 15 is 0 Å². The van der Waals surface area contributed by atoms with Crippen LogP contribution in [0.25, 0.3) is 0 Å². The predicted octanol–water partition coefficient (Wildman–Crippen LogP) is 3.58. The van der Waals surface area contributed by atoms with Crippen molar-refractivity contribution in [3.05, 3.63) is 41.5 Å². The molecule has 0 saturated heterocycles. The molecule has 19 heavy (non-hydrogen) atoms. The van der Waals surface area contributed by atoms with Gasteiger partial charge in [0.15, 0.2) is 0 Å². The number of carbonyl (C=O) groups is 1. The smallest absolute Gasteiger partial charge is 0.328 e. The third-order valence-corrected chi connectivity index (χ3v) is 3.55. The third-order valence-electron chi connectivity index (χ3n) is 3.55. The Labute approximate surface area is 113 Å². The van der Waals surface area contributed by atoms with Gasteiger partial charge in [0.1, 0.15) is 5.75 Å². The minimum Gasteiger partial charge on any atom is -0.490 e. The van der Waals surface area contributed by atoms with Gasteiger partial charge in [-0.05, 0) is 43.7 Å². The van der Waals surface area contributed by atoms with Gasteiger partial charge in [-0.1, -0.05) is 30.7 Å². The van der Waals surface area contributed by atoms with Crippen LogP contribution in [0.5, 0.6) is 5.75 Å². The molecular weight excluding hydrogens is 240 g/mol. The van der Waals surface area contributed by atoms with Crippen molar-refractivity contribution in [1.82, 2.24) is 0 Å². The minimum atomic E-state index is -0.842. The number of aryl methyl sites for hydroxylation is 1. The number of benzene rings is 1. The first kappa shape index (κ1) is 13.7. The number of rotatable bonds is 4. The standard InChI is InChI=1S/C16H20O3/c1-2-13-5-3-4-6-15(13)19-14-9-7-12(8-10-14)11-16(17)18/h3-6,11,14H,2,7-10H2,1H3,(H,17,18). The molecule has 0 heterocycles. The summed E-state index contributed by atoms with van der Waals surface area (Å²) in [6.45, 7) is 2.12. The van der Waals surface area contributed by atoms with Gasteiger partial charge in [0.2, 0.25) is 0 Å². The zero-order valence-corrected chi connectivity index (χ0v) is 11.3. The number of para-hydroxylation sites is 1. The van der Waals surface area contributed by atoms with Crippen molar-refractivity contribution < 1.29 is 14.6 Å². The second kappa shape index (κ2) is 6.41. The number of hydrogen-bond donors (Lipinski definition) is 1. The summed E-state index contributed by atoms with van der Waals surface area (Å²) >= 11 is 0.